The molecule has 8 atom stereocenters. The number of nitrogens with zero attached hydrogens (tertiary/aromatic N) is 1. The first-order valence-corrected chi connectivity index (χ1v) is 18.4. The van der Waals surface area contributed by atoms with E-state index in [4.69, 9.17) is 11.5 Å². The lowest BCUT2D eigenvalue weighted by Gasteiger charge is -2.28. The van der Waals surface area contributed by atoms with Crippen LogP contribution in [0.25, 0.3) is 0 Å². The lowest BCUT2D eigenvalue weighted by atomic mass is 10.1. The highest BCUT2D eigenvalue weighted by Crippen LogP contribution is 2.19. The minimum atomic E-state index is -1.15. The maximum absolute atomic E-state index is 13.2. The fourth-order valence-electron chi connectivity index (χ4n) is 4.85. The summed E-state index contributed by atoms with van der Waals surface area (Å²) in [5.74, 6) is -6.43. The predicted octanol–water partition coefficient (Wildman–Crippen LogP) is -5.72. The molecule has 54 heavy (non-hydrogen) atoms. The van der Waals surface area contributed by atoms with Crippen LogP contribution in [0.15, 0.2) is 0 Å². The molecule has 0 radical (unpaired) electrons. The summed E-state index contributed by atoms with van der Waals surface area (Å²) in [6.07, 6.45) is 0.946. The van der Waals surface area contributed by atoms with Crippen molar-refractivity contribution >= 4 is 84.3 Å². The van der Waals surface area contributed by atoms with E-state index in [1.165, 1.54) is 39.5 Å². The summed E-state index contributed by atoms with van der Waals surface area (Å²) in [4.78, 5) is 126. The van der Waals surface area contributed by atoms with Gasteiger partial charge in [0.1, 0.15) is 42.3 Å². The van der Waals surface area contributed by atoms with Gasteiger partial charge in [0.15, 0.2) is 0 Å². The Labute approximate surface area is 323 Å². The number of nitrogens with two attached hydrogens (primary N) is 2. The highest BCUT2D eigenvalue weighted by molar-refractivity contribution is 7.80. The molecule has 1 fully saturated rings. The molecule has 1 saturated heterocycles. The van der Waals surface area contributed by atoms with E-state index in [-0.39, 0.29) is 30.9 Å². The van der Waals surface area contributed by atoms with Crippen molar-refractivity contribution in [3.63, 3.8) is 0 Å². The SMILES string of the molecule is C[C@H](NC(=O)CNC(=O)[C@@H](N)CS)C(=O)N[C@@H](C)C(=O)N1CCC[C@@H]1C(=O)N[C@@H](C)C(=O)N[C@@H](C)C(=O)N[C@@H](C)C(=O)NCC(=O)N[C@@H](CCS)C(N)=O. The minimum absolute atomic E-state index is 0.0729. The molecule has 0 bridgehead atoms. The van der Waals surface area contributed by atoms with Crippen molar-refractivity contribution in [2.45, 2.75) is 102 Å². The minimum Gasteiger partial charge on any atom is -0.368 e. The number of carbonyl (C=O) groups excluding carboxylic acids is 10. The summed E-state index contributed by atoms with van der Waals surface area (Å²) < 4.78 is 0. The van der Waals surface area contributed by atoms with Crippen molar-refractivity contribution in [3.05, 3.63) is 0 Å². The Morgan fingerprint density at radius 2 is 1.11 bits per heavy atom. The summed E-state index contributed by atoms with van der Waals surface area (Å²) in [6, 6.07) is -8.39. The van der Waals surface area contributed by atoms with Crippen molar-refractivity contribution in [1.82, 2.24) is 47.4 Å². The number of hydrogen-bond acceptors (Lipinski definition) is 13. The standard InChI is InChI=1S/C31H53N11O10S2/c1-14(25(46)34-12-23(44)41-20(8-10-53)24(33)45)37-27(48)16(3)38-28(49)17(4)39-30(51)21-7-6-9-42(21)31(52)18(5)40-26(47)15(2)36-22(43)11-35-29(50)19(32)13-54/h14-21,53-54H,6-13,32H2,1-5H3,(H2,33,45)(H,34,46)(H,35,50)(H,36,43)(H,37,48)(H,38,49)(H,39,51)(H,40,47)(H,41,44)/t14-,15-,16-,17-,18-,19-,20-,21+/m0/s1. The highest BCUT2D eigenvalue weighted by Gasteiger charge is 2.38. The molecule has 1 aliphatic rings. The van der Waals surface area contributed by atoms with E-state index >= 15 is 0 Å². The zero-order chi connectivity index (χ0) is 41.3. The lowest BCUT2D eigenvalue weighted by molar-refractivity contribution is -0.142. The Balaban J connectivity index is 2.61. The number of thiol groups is 2. The average Bonchev–Trinajstić information content (AvgIpc) is 3.61. The van der Waals surface area contributed by atoms with Crippen molar-refractivity contribution in [2.75, 3.05) is 31.1 Å². The molecule has 1 aliphatic heterocycles. The van der Waals surface area contributed by atoms with Crippen molar-refractivity contribution < 1.29 is 47.9 Å². The third-order valence-electron chi connectivity index (χ3n) is 8.07. The normalized spacial score (nSPS) is 17.5. The third-order valence-corrected chi connectivity index (χ3v) is 8.72. The Morgan fingerprint density at radius 1 is 0.648 bits per heavy atom. The molecule has 0 unspecified atom stereocenters. The molecule has 23 heteroatoms. The van der Waals surface area contributed by atoms with Gasteiger partial charge in [0.05, 0.1) is 19.1 Å². The summed E-state index contributed by atoms with van der Waals surface area (Å²) >= 11 is 7.90. The van der Waals surface area contributed by atoms with Gasteiger partial charge in [0.2, 0.25) is 59.1 Å². The van der Waals surface area contributed by atoms with Crippen LogP contribution in [0.1, 0.15) is 53.9 Å². The van der Waals surface area contributed by atoms with E-state index in [9.17, 15) is 47.9 Å². The van der Waals surface area contributed by atoms with Gasteiger partial charge in [-0.25, -0.2) is 0 Å². The first-order valence-electron chi connectivity index (χ1n) is 17.2. The average molecular weight is 804 g/mol. The van der Waals surface area contributed by atoms with E-state index in [1.807, 2.05) is 0 Å². The molecule has 0 saturated carbocycles. The summed E-state index contributed by atoms with van der Waals surface area (Å²) in [5, 5.41) is 19.3. The lowest BCUT2D eigenvalue weighted by Crippen LogP contribution is -2.58. The van der Waals surface area contributed by atoms with Crippen LogP contribution in [-0.4, -0.2) is 143 Å². The van der Waals surface area contributed by atoms with Crippen LogP contribution in [0.4, 0.5) is 0 Å². The largest absolute Gasteiger partial charge is 0.368 e. The van der Waals surface area contributed by atoms with E-state index < -0.39 is 120 Å². The van der Waals surface area contributed by atoms with Gasteiger partial charge in [-0.1, -0.05) is 0 Å². The van der Waals surface area contributed by atoms with Crippen LogP contribution in [0.2, 0.25) is 0 Å². The Morgan fingerprint density at radius 3 is 1.63 bits per heavy atom. The third kappa shape index (κ3) is 15.8. The van der Waals surface area contributed by atoms with Gasteiger partial charge in [-0.3, -0.25) is 47.9 Å². The molecule has 1 heterocycles. The maximum atomic E-state index is 13.2. The summed E-state index contributed by atoms with van der Waals surface area (Å²) in [7, 11) is 0. The Bertz CT molecular complexity index is 1420. The van der Waals surface area contributed by atoms with Gasteiger partial charge in [0.25, 0.3) is 0 Å². The van der Waals surface area contributed by atoms with Crippen LogP contribution in [0, 0.1) is 0 Å². The van der Waals surface area contributed by atoms with Gasteiger partial charge in [-0.05, 0) is 59.6 Å². The second-order valence-corrected chi connectivity index (χ2v) is 13.5. The second kappa shape index (κ2) is 23.2. The number of primary amides is 1. The number of hydrogen-bond donors (Lipinski definition) is 12. The fraction of sp³-hybridized carbons (Fsp3) is 0.677. The van der Waals surface area contributed by atoms with Gasteiger partial charge in [-0.2, -0.15) is 25.3 Å². The number of likely N-dealkylation sites (tertiary alicyclic amines) is 1. The van der Waals surface area contributed by atoms with E-state index in [2.05, 4.69) is 67.8 Å². The Hall–Kier alpha value is -4.64. The van der Waals surface area contributed by atoms with E-state index in [1.54, 1.807) is 0 Å². The van der Waals surface area contributed by atoms with Gasteiger partial charge in [0, 0.05) is 12.3 Å². The second-order valence-electron chi connectivity index (χ2n) is 12.7. The van der Waals surface area contributed by atoms with E-state index in [0.29, 0.717) is 6.42 Å². The number of amides is 10. The summed E-state index contributed by atoms with van der Waals surface area (Å²) in [6.45, 7) is 6.15. The molecule has 0 aromatic carbocycles. The molecule has 1 rings (SSSR count). The van der Waals surface area contributed by atoms with Crippen molar-refractivity contribution in [3.8, 4) is 0 Å². The van der Waals surface area contributed by atoms with Crippen LogP contribution < -0.4 is 54.0 Å². The maximum Gasteiger partial charge on any atom is 0.245 e. The van der Waals surface area contributed by atoms with Crippen LogP contribution >= 0.6 is 25.3 Å². The summed E-state index contributed by atoms with van der Waals surface area (Å²) in [5.41, 5.74) is 10.7. The molecule has 0 spiro atoms. The predicted molar refractivity (Wildman–Crippen MR) is 200 cm³/mol. The van der Waals surface area contributed by atoms with Gasteiger partial charge in [-0.15, -0.1) is 0 Å². The molecule has 0 aromatic heterocycles. The molecular weight excluding hydrogens is 751 g/mol. The molecular formula is C31H53N11O10S2. The van der Waals surface area contributed by atoms with Gasteiger partial charge >= 0.3 is 0 Å². The first kappa shape index (κ1) is 47.4. The van der Waals surface area contributed by atoms with Crippen molar-refractivity contribution in [1.29, 1.82) is 0 Å². The first-order chi connectivity index (χ1) is 25.2. The highest BCUT2D eigenvalue weighted by atomic mass is 32.1. The molecule has 10 amide bonds. The zero-order valence-corrected chi connectivity index (χ0v) is 32.6. The van der Waals surface area contributed by atoms with E-state index in [0.717, 1.165) is 0 Å². The quantitative estimate of drug-likeness (QED) is 0.0485. The molecule has 0 aromatic rings. The molecule has 12 N–H and O–H groups in total. The smallest absolute Gasteiger partial charge is 0.245 e. The monoisotopic (exact) mass is 803 g/mol. The van der Waals surface area contributed by atoms with Crippen molar-refractivity contribution in [2.24, 2.45) is 11.5 Å². The van der Waals surface area contributed by atoms with Crippen LogP contribution in [0.3, 0.4) is 0 Å². The Kier molecular flexibility index (Phi) is 20.4. The fourth-order valence-corrected chi connectivity index (χ4v) is 5.28. The topological polar surface area (TPSA) is 322 Å². The number of carbonyl (C=O) groups is 10. The molecule has 304 valence electrons. The number of nitrogens with one attached hydrogen (secondary N) is 8. The molecule has 21 nitrogen and oxygen atoms in total. The number of rotatable bonds is 21. The van der Waals surface area contributed by atoms with Crippen LogP contribution in [-0.2, 0) is 47.9 Å². The molecule has 0 aliphatic carbocycles. The van der Waals surface area contributed by atoms with Crippen LogP contribution in [0.5, 0.6) is 0 Å². The van der Waals surface area contributed by atoms with Gasteiger partial charge < -0.3 is 58.9 Å². The zero-order valence-electron chi connectivity index (χ0n) is 30.9.